The van der Waals surface area contributed by atoms with Crippen LogP contribution in [0.1, 0.15) is 5.56 Å². The van der Waals surface area contributed by atoms with Crippen molar-refractivity contribution >= 4 is 35.0 Å². The summed E-state index contributed by atoms with van der Waals surface area (Å²) in [7, 11) is 0. The first kappa shape index (κ1) is 15.2. The molecule has 0 atom stereocenters. The Morgan fingerprint density at radius 3 is 2.90 bits per heavy atom. The number of nitrogens with zero attached hydrogens (tertiary/aromatic N) is 2. The van der Waals surface area contributed by atoms with Gasteiger partial charge in [0.15, 0.2) is 6.20 Å². The van der Waals surface area contributed by atoms with Crippen LogP contribution in [0.25, 0.3) is 0 Å². The minimum absolute atomic E-state index is 0.101. The number of halogens is 1. The van der Waals surface area contributed by atoms with Crippen molar-refractivity contribution in [1.29, 1.82) is 5.26 Å². The van der Waals surface area contributed by atoms with Gasteiger partial charge in [-0.1, -0.05) is 11.6 Å². The normalized spacial score (nSPS) is 9.90. The molecule has 1 heterocycles. The molecule has 0 spiro atoms. The van der Waals surface area contributed by atoms with Crippen molar-refractivity contribution in [3.63, 3.8) is 0 Å². The molecular formula is C14H10ClN3O2S. The standard InChI is InChI=1S/C14H10ClN3O2S/c15-12-7-11(5-4-10(12)8-16)17-13(19)9-21-14-3-1-2-6-18(14)20/h1-7H,9H2,(H,17,19). The maximum atomic E-state index is 11.8. The van der Waals surface area contributed by atoms with Gasteiger partial charge in [-0.15, -0.1) is 0 Å². The zero-order valence-corrected chi connectivity index (χ0v) is 12.3. The minimum Gasteiger partial charge on any atom is -0.618 e. The van der Waals surface area contributed by atoms with Gasteiger partial charge in [0.25, 0.3) is 5.03 Å². The lowest BCUT2D eigenvalue weighted by Gasteiger charge is -2.06. The number of nitrogens with one attached hydrogen (secondary N) is 1. The van der Waals surface area contributed by atoms with Gasteiger partial charge in [0, 0.05) is 17.8 Å². The fourth-order valence-electron chi connectivity index (χ4n) is 1.54. The van der Waals surface area contributed by atoms with Crippen LogP contribution in [0.5, 0.6) is 0 Å². The van der Waals surface area contributed by atoms with Crippen molar-refractivity contribution in [2.24, 2.45) is 0 Å². The molecule has 0 aliphatic carbocycles. The summed E-state index contributed by atoms with van der Waals surface area (Å²) in [5.74, 6) is -0.159. The van der Waals surface area contributed by atoms with Crippen LogP contribution in [-0.2, 0) is 4.79 Å². The topological polar surface area (TPSA) is 79.8 Å². The van der Waals surface area contributed by atoms with Crippen molar-refractivity contribution < 1.29 is 9.52 Å². The summed E-state index contributed by atoms with van der Waals surface area (Å²) in [5, 5.41) is 23.6. The fraction of sp³-hybridized carbons (Fsp3) is 0.0714. The second-order valence-corrected chi connectivity index (χ2v) is 5.41. The van der Waals surface area contributed by atoms with Crippen LogP contribution in [0.15, 0.2) is 47.6 Å². The number of amides is 1. The van der Waals surface area contributed by atoms with Gasteiger partial charge in [0.05, 0.1) is 16.3 Å². The number of rotatable bonds is 4. The lowest BCUT2D eigenvalue weighted by Crippen LogP contribution is -2.28. The first-order chi connectivity index (χ1) is 10.1. The highest BCUT2D eigenvalue weighted by Gasteiger charge is 2.10. The summed E-state index contributed by atoms with van der Waals surface area (Å²) in [5.41, 5.74) is 0.855. The second-order valence-electron chi connectivity index (χ2n) is 4.01. The van der Waals surface area contributed by atoms with Crippen molar-refractivity contribution in [1.82, 2.24) is 0 Å². The maximum Gasteiger partial charge on any atom is 0.251 e. The van der Waals surface area contributed by atoms with E-state index < -0.39 is 0 Å². The summed E-state index contributed by atoms with van der Waals surface area (Å²) in [6, 6.07) is 11.6. The van der Waals surface area contributed by atoms with Crippen LogP contribution in [0.3, 0.4) is 0 Å². The molecule has 0 bridgehead atoms. The second kappa shape index (κ2) is 6.97. The molecule has 0 aliphatic rings. The van der Waals surface area contributed by atoms with Gasteiger partial charge in [0.1, 0.15) is 6.07 Å². The highest BCUT2D eigenvalue weighted by molar-refractivity contribution is 7.99. The number of thioether (sulfide) groups is 1. The third-order valence-corrected chi connectivity index (χ3v) is 3.84. The van der Waals surface area contributed by atoms with E-state index in [1.807, 2.05) is 6.07 Å². The zero-order chi connectivity index (χ0) is 15.2. The first-order valence-corrected chi connectivity index (χ1v) is 7.27. The molecule has 5 nitrogen and oxygen atoms in total. The van der Waals surface area contributed by atoms with Crippen LogP contribution in [-0.4, -0.2) is 11.7 Å². The molecule has 0 saturated carbocycles. The number of carbonyl (C=O) groups excluding carboxylic acids is 1. The molecule has 1 amide bonds. The van der Waals surface area contributed by atoms with E-state index in [1.54, 1.807) is 24.3 Å². The van der Waals surface area contributed by atoms with Crippen LogP contribution in [0.4, 0.5) is 5.69 Å². The van der Waals surface area contributed by atoms with Crippen LogP contribution in [0, 0.1) is 16.5 Å². The van der Waals surface area contributed by atoms with E-state index in [9.17, 15) is 10.0 Å². The molecule has 1 aromatic carbocycles. The Labute approximate surface area is 130 Å². The van der Waals surface area contributed by atoms with Crippen LogP contribution >= 0.6 is 23.4 Å². The Hall–Kier alpha value is -2.23. The van der Waals surface area contributed by atoms with E-state index in [2.05, 4.69) is 5.32 Å². The highest BCUT2D eigenvalue weighted by atomic mass is 35.5. The predicted molar refractivity (Wildman–Crippen MR) is 80.9 cm³/mol. The van der Waals surface area contributed by atoms with Gasteiger partial charge in [0.2, 0.25) is 5.91 Å². The Kier molecular flexibility index (Phi) is 5.04. The summed E-state index contributed by atoms with van der Waals surface area (Å²) in [6.07, 6.45) is 1.38. The summed E-state index contributed by atoms with van der Waals surface area (Å²) in [6.45, 7) is 0. The summed E-state index contributed by atoms with van der Waals surface area (Å²) in [4.78, 5) is 11.8. The molecule has 2 aromatic rings. The lowest BCUT2D eigenvalue weighted by atomic mass is 10.2. The van der Waals surface area contributed by atoms with Gasteiger partial charge in [-0.25, -0.2) is 0 Å². The quantitative estimate of drug-likeness (QED) is 0.533. The molecule has 0 aliphatic heterocycles. The molecule has 21 heavy (non-hydrogen) atoms. The number of aromatic nitrogens is 1. The van der Waals surface area contributed by atoms with Gasteiger partial charge in [-0.3, -0.25) is 4.79 Å². The van der Waals surface area contributed by atoms with Crippen molar-refractivity contribution in [3.8, 4) is 6.07 Å². The largest absolute Gasteiger partial charge is 0.618 e. The third-order valence-electron chi connectivity index (χ3n) is 2.51. The fourth-order valence-corrected chi connectivity index (χ4v) is 2.48. The number of benzene rings is 1. The number of hydrogen-bond donors (Lipinski definition) is 1. The lowest BCUT2D eigenvalue weighted by molar-refractivity contribution is -0.645. The Morgan fingerprint density at radius 2 is 2.24 bits per heavy atom. The van der Waals surface area contributed by atoms with E-state index in [0.29, 0.717) is 21.0 Å². The molecule has 1 aromatic heterocycles. The average Bonchev–Trinajstić information content (AvgIpc) is 2.46. The predicted octanol–water partition coefficient (Wildman–Crippen LogP) is 2.58. The van der Waals surface area contributed by atoms with Crippen molar-refractivity contribution in [2.45, 2.75) is 5.03 Å². The molecule has 106 valence electrons. The van der Waals surface area contributed by atoms with E-state index in [0.717, 1.165) is 11.8 Å². The van der Waals surface area contributed by atoms with E-state index in [-0.39, 0.29) is 16.7 Å². The summed E-state index contributed by atoms with van der Waals surface area (Å²) < 4.78 is 0.705. The van der Waals surface area contributed by atoms with Crippen LogP contribution in [0.2, 0.25) is 5.02 Å². The molecule has 0 saturated heterocycles. The third kappa shape index (κ3) is 4.12. The molecule has 0 radical (unpaired) electrons. The maximum absolute atomic E-state index is 11.8. The molecule has 1 N–H and O–H groups in total. The SMILES string of the molecule is N#Cc1ccc(NC(=O)CSc2cccc[n+]2[O-])cc1Cl. The van der Waals surface area contributed by atoms with Gasteiger partial charge < -0.3 is 10.5 Å². The Bertz CT molecular complexity index is 716. The van der Waals surface area contributed by atoms with Gasteiger partial charge in [-0.05, 0) is 36.0 Å². The first-order valence-electron chi connectivity index (χ1n) is 5.90. The number of anilines is 1. The molecular weight excluding hydrogens is 310 g/mol. The number of carbonyl (C=O) groups is 1. The zero-order valence-electron chi connectivity index (χ0n) is 10.7. The number of hydrogen-bond acceptors (Lipinski definition) is 4. The van der Waals surface area contributed by atoms with Crippen LogP contribution < -0.4 is 10.0 Å². The smallest absolute Gasteiger partial charge is 0.251 e. The Balaban J connectivity index is 1.95. The molecule has 2 rings (SSSR count). The van der Waals surface area contributed by atoms with Crippen molar-refractivity contribution in [2.75, 3.05) is 11.1 Å². The minimum atomic E-state index is -0.260. The summed E-state index contributed by atoms with van der Waals surface area (Å²) >= 11 is 7.02. The number of nitriles is 1. The van der Waals surface area contributed by atoms with Gasteiger partial charge >= 0.3 is 0 Å². The highest BCUT2D eigenvalue weighted by Crippen LogP contribution is 2.20. The monoisotopic (exact) mass is 319 g/mol. The molecule has 0 fully saturated rings. The van der Waals surface area contributed by atoms with E-state index in [1.165, 1.54) is 18.3 Å². The average molecular weight is 320 g/mol. The Morgan fingerprint density at radius 1 is 1.43 bits per heavy atom. The van der Waals surface area contributed by atoms with E-state index >= 15 is 0 Å². The number of pyridine rings is 1. The van der Waals surface area contributed by atoms with E-state index in [4.69, 9.17) is 16.9 Å². The molecule has 0 unspecified atom stereocenters. The molecule has 7 heteroatoms. The van der Waals surface area contributed by atoms with Gasteiger partial charge in [-0.2, -0.15) is 9.99 Å². The van der Waals surface area contributed by atoms with Crippen molar-refractivity contribution in [3.05, 3.63) is 58.4 Å².